The fourth-order valence-electron chi connectivity index (χ4n) is 3.22. The molecular formula is C20H23N3O5. The van der Waals surface area contributed by atoms with Gasteiger partial charge in [0.2, 0.25) is 0 Å². The first-order valence-electron chi connectivity index (χ1n) is 9.36. The number of aromatic nitrogens is 2. The predicted molar refractivity (Wildman–Crippen MR) is 104 cm³/mol. The van der Waals surface area contributed by atoms with E-state index in [1.807, 2.05) is 0 Å². The second-order valence-corrected chi connectivity index (χ2v) is 6.75. The van der Waals surface area contributed by atoms with Gasteiger partial charge in [0.1, 0.15) is 6.54 Å². The number of aromatic amines is 1. The molecule has 1 aliphatic rings. The molecule has 0 unspecified atom stereocenters. The highest BCUT2D eigenvalue weighted by Crippen LogP contribution is 2.19. The van der Waals surface area contributed by atoms with Crippen LogP contribution in [-0.4, -0.2) is 34.8 Å². The Labute approximate surface area is 161 Å². The number of amides is 1. The van der Waals surface area contributed by atoms with Gasteiger partial charge in [0.05, 0.1) is 10.8 Å². The van der Waals surface area contributed by atoms with Crippen LogP contribution in [-0.2, 0) is 20.9 Å². The van der Waals surface area contributed by atoms with Gasteiger partial charge in [0.15, 0.2) is 6.61 Å². The Hall–Kier alpha value is -3.16. The van der Waals surface area contributed by atoms with Crippen molar-refractivity contribution in [2.24, 2.45) is 0 Å². The third-order valence-electron chi connectivity index (χ3n) is 4.69. The number of hydrogen-bond donors (Lipinski definition) is 2. The van der Waals surface area contributed by atoms with Gasteiger partial charge < -0.3 is 10.1 Å². The highest BCUT2D eigenvalue weighted by Gasteiger charge is 2.12. The van der Waals surface area contributed by atoms with Crippen LogP contribution < -0.4 is 16.4 Å². The average Bonchev–Trinajstić information content (AvgIpc) is 2.71. The molecule has 1 heterocycles. The maximum absolute atomic E-state index is 12.3. The lowest BCUT2D eigenvalue weighted by Gasteiger charge is -2.13. The Bertz CT molecular complexity index is 1020. The Morgan fingerprint density at radius 1 is 1.14 bits per heavy atom. The highest BCUT2D eigenvalue weighted by atomic mass is 16.5. The molecule has 2 aromatic rings. The van der Waals surface area contributed by atoms with Crippen molar-refractivity contribution in [1.29, 1.82) is 0 Å². The van der Waals surface area contributed by atoms with E-state index in [1.165, 1.54) is 30.5 Å². The Kier molecular flexibility index (Phi) is 6.41. The van der Waals surface area contributed by atoms with Crippen molar-refractivity contribution >= 4 is 22.6 Å². The van der Waals surface area contributed by atoms with Crippen LogP contribution in [0, 0.1) is 0 Å². The number of allylic oxidation sites excluding steroid dienone is 1. The van der Waals surface area contributed by atoms with Crippen molar-refractivity contribution in [3.63, 3.8) is 0 Å². The lowest BCUT2D eigenvalue weighted by molar-refractivity contribution is -0.149. The van der Waals surface area contributed by atoms with E-state index in [9.17, 15) is 19.2 Å². The molecule has 0 bridgehead atoms. The zero-order valence-electron chi connectivity index (χ0n) is 15.5. The van der Waals surface area contributed by atoms with Crippen molar-refractivity contribution in [1.82, 2.24) is 15.1 Å². The molecule has 0 atom stereocenters. The normalized spacial score (nSPS) is 13.8. The second kappa shape index (κ2) is 9.16. The van der Waals surface area contributed by atoms with E-state index in [0.717, 1.165) is 23.9 Å². The molecule has 0 aliphatic heterocycles. The zero-order valence-corrected chi connectivity index (χ0v) is 15.5. The molecule has 8 nitrogen and oxygen atoms in total. The van der Waals surface area contributed by atoms with Gasteiger partial charge in [-0.1, -0.05) is 23.8 Å². The van der Waals surface area contributed by atoms with Crippen LogP contribution in [0.25, 0.3) is 10.8 Å². The number of H-pyrrole nitrogens is 1. The van der Waals surface area contributed by atoms with Crippen LogP contribution in [0.3, 0.4) is 0 Å². The molecule has 0 radical (unpaired) electrons. The third-order valence-corrected chi connectivity index (χ3v) is 4.69. The summed E-state index contributed by atoms with van der Waals surface area (Å²) in [5, 5.41) is 5.53. The van der Waals surface area contributed by atoms with Gasteiger partial charge in [-0.15, -0.1) is 0 Å². The summed E-state index contributed by atoms with van der Waals surface area (Å²) in [5.41, 5.74) is 0.373. The van der Waals surface area contributed by atoms with E-state index in [-0.39, 0.29) is 10.8 Å². The second-order valence-electron chi connectivity index (χ2n) is 6.75. The van der Waals surface area contributed by atoms with E-state index < -0.39 is 36.1 Å². The average molecular weight is 385 g/mol. The van der Waals surface area contributed by atoms with Crippen LogP contribution >= 0.6 is 0 Å². The van der Waals surface area contributed by atoms with Gasteiger partial charge >= 0.3 is 5.97 Å². The first kappa shape index (κ1) is 19.6. The Balaban J connectivity index is 1.49. The Morgan fingerprint density at radius 3 is 2.68 bits per heavy atom. The van der Waals surface area contributed by atoms with Crippen molar-refractivity contribution in [2.75, 3.05) is 13.2 Å². The Morgan fingerprint density at radius 2 is 1.93 bits per heavy atom. The largest absolute Gasteiger partial charge is 0.454 e. The van der Waals surface area contributed by atoms with Crippen LogP contribution in [0.2, 0.25) is 0 Å². The molecule has 1 aromatic carbocycles. The lowest BCUT2D eigenvalue weighted by Crippen LogP contribution is -2.34. The minimum atomic E-state index is -0.779. The minimum absolute atomic E-state index is 0.216. The van der Waals surface area contributed by atoms with Gasteiger partial charge in [0, 0.05) is 6.54 Å². The SMILES string of the molecule is O=C(COC(=O)Cn1[nH]c(=O)c2ccccc2c1=O)NCCC1=CCCCC1. The molecule has 0 saturated carbocycles. The summed E-state index contributed by atoms with van der Waals surface area (Å²) in [5.74, 6) is -1.18. The number of esters is 1. The summed E-state index contributed by atoms with van der Waals surface area (Å²) < 4.78 is 5.80. The van der Waals surface area contributed by atoms with E-state index in [1.54, 1.807) is 12.1 Å². The predicted octanol–water partition coefficient (Wildman–Crippen LogP) is 1.24. The fourth-order valence-corrected chi connectivity index (χ4v) is 3.22. The number of carbonyl (C=O) groups excluding carboxylic acids is 2. The summed E-state index contributed by atoms with van der Waals surface area (Å²) in [7, 11) is 0. The summed E-state index contributed by atoms with van der Waals surface area (Å²) in [6.07, 6.45) is 7.59. The first-order chi connectivity index (χ1) is 13.5. The van der Waals surface area contributed by atoms with E-state index in [0.29, 0.717) is 6.54 Å². The molecule has 1 aliphatic carbocycles. The molecular weight excluding hydrogens is 362 g/mol. The monoisotopic (exact) mass is 385 g/mol. The summed E-state index contributed by atoms with van der Waals surface area (Å²) >= 11 is 0. The third kappa shape index (κ3) is 4.97. The first-order valence-corrected chi connectivity index (χ1v) is 9.36. The minimum Gasteiger partial charge on any atom is -0.454 e. The topological polar surface area (TPSA) is 110 Å². The maximum Gasteiger partial charge on any atom is 0.328 e. The number of fused-ring (bicyclic) bond motifs is 1. The molecule has 1 aromatic heterocycles. The van der Waals surface area contributed by atoms with Crippen molar-refractivity contribution in [3.05, 3.63) is 56.6 Å². The van der Waals surface area contributed by atoms with Crippen LogP contribution in [0.4, 0.5) is 0 Å². The molecule has 3 rings (SSSR count). The molecule has 0 spiro atoms. The van der Waals surface area contributed by atoms with E-state index in [4.69, 9.17) is 4.74 Å². The molecule has 2 N–H and O–H groups in total. The van der Waals surface area contributed by atoms with Gasteiger partial charge in [-0.2, -0.15) is 0 Å². The standard InChI is InChI=1S/C20H23N3O5/c24-17(21-11-10-14-6-2-1-3-7-14)13-28-18(25)12-23-20(27)16-9-5-4-8-15(16)19(26)22-23/h4-6,8-9H,1-3,7,10-13H2,(H,21,24)(H,22,26). The molecule has 8 heteroatoms. The van der Waals surface area contributed by atoms with Crippen LogP contribution in [0.15, 0.2) is 45.5 Å². The van der Waals surface area contributed by atoms with Crippen molar-refractivity contribution in [2.45, 2.75) is 38.6 Å². The number of carbonyl (C=O) groups is 2. The smallest absolute Gasteiger partial charge is 0.328 e. The zero-order chi connectivity index (χ0) is 19.9. The lowest BCUT2D eigenvalue weighted by atomic mass is 9.97. The maximum atomic E-state index is 12.3. The number of nitrogens with one attached hydrogen (secondary N) is 2. The summed E-state index contributed by atoms with van der Waals surface area (Å²) in [6, 6.07) is 6.34. The number of hydrogen-bond acceptors (Lipinski definition) is 5. The fraction of sp³-hybridized carbons (Fsp3) is 0.400. The molecule has 28 heavy (non-hydrogen) atoms. The molecule has 0 fully saturated rings. The van der Waals surface area contributed by atoms with Crippen LogP contribution in [0.1, 0.15) is 32.1 Å². The summed E-state index contributed by atoms with van der Waals surface area (Å²) in [4.78, 5) is 48.1. The van der Waals surface area contributed by atoms with E-state index in [2.05, 4.69) is 16.5 Å². The van der Waals surface area contributed by atoms with Crippen LogP contribution in [0.5, 0.6) is 0 Å². The van der Waals surface area contributed by atoms with Crippen molar-refractivity contribution < 1.29 is 14.3 Å². The highest BCUT2D eigenvalue weighted by molar-refractivity contribution is 5.81. The van der Waals surface area contributed by atoms with Gasteiger partial charge in [-0.25, -0.2) is 4.68 Å². The molecule has 1 amide bonds. The number of nitrogens with zero attached hydrogens (tertiary/aromatic N) is 1. The number of ether oxygens (including phenoxy) is 1. The van der Waals surface area contributed by atoms with E-state index >= 15 is 0 Å². The number of rotatable bonds is 7. The van der Waals surface area contributed by atoms with Crippen molar-refractivity contribution in [3.8, 4) is 0 Å². The molecule has 0 saturated heterocycles. The quantitative estimate of drug-likeness (QED) is 0.550. The summed E-state index contributed by atoms with van der Waals surface area (Å²) in [6.45, 7) is -0.400. The van der Waals surface area contributed by atoms with Gasteiger partial charge in [-0.05, 0) is 44.2 Å². The van der Waals surface area contributed by atoms with Gasteiger partial charge in [-0.3, -0.25) is 24.3 Å². The molecule has 148 valence electrons. The number of benzene rings is 1. The van der Waals surface area contributed by atoms with Gasteiger partial charge in [0.25, 0.3) is 17.0 Å².